The average molecular weight is 596 g/mol. The summed E-state index contributed by atoms with van der Waals surface area (Å²) in [6.45, 7) is 5.58. The lowest BCUT2D eigenvalue weighted by atomic mass is 9.98. The van der Waals surface area contributed by atoms with E-state index in [9.17, 15) is 14.4 Å². The van der Waals surface area contributed by atoms with Gasteiger partial charge in [-0.1, -0.05) is 53.5 Å². The number of anilines is 2. The zero-order valence-electron chi connectivity index (χ0n) is 23.0. The Bertz CT molecular complexity index is 1460. The highest BCUT2D eigenvalue weighted by molar-refractivity contribution is 6.42. The van der Waals surface area contributed by atoms with E-state index in [4.69, 9.17) is 27.9 Å². The fourth-order valence-electron chi connectivity index (χ4n) is 5.34. The molecule has 3 amide bonds. The van der Waals surface area contributed by atoms with Crippen LogP contribution in [-0.2, 0) is 14.4 Å². The Kier molecular flexibility index (Phi) is 8.82. The Morgan fingerprint density at radius 1 is 0.976 bits per heavy atom. The SMILES string of the molecule is CC(=O)Nc1ccc(-c2cccc(C(CN3CCCC3)NC(=O)C(C)N3C(=O)COc4cc(Cl)c(Cl)cc43)c2)cc1. The Labute approximate surface area is 249 Å². The Morgan fingerprint density at radius 3 is 2.39 bits per heavy atom. The normalized spacial score (nSPS) is 16.5. The molecule has 1 saturated heterocycles. The molecule has 5 rings (SSSR count). The molecule has 2 aliphatic heterocycles. The predicted octanol–water partition coefficient (Wildman–Crippen LogP) is 5.69. The van der Waals surface area contributed by atoms with E-state index in [1.807, 2.05) is 42.5 Å². The van der Waals surface area contributed by atoms with Crippen LogP contribution in [0.5, 0.6) is 5.75 Å². The van der Waals surface area contributed by atoms with Gasteiger partial charge in [0.1, 0.15) is 11.8 Å². The van der Waals surface area contributed by atoms with Crippen molar-refractivity contribution in [1.29, 1.82) is 0 Å². The van der Waals surface area contributed by atoms with Gasteiger partial charge in [-0.05, 0) is 73.8 Å². The van der Waals surface area contributed by atoms with Crippen molar-refractivity contribution in [2.45, 2.75) is 38.8 Å². The van der Waals surface area contributed by atoms with Gasteiger partial charge in [0.25, 0.3) is 5.91 Å². The second kappa shape index (κ2) is 12.5. The number of nitrogens with zero attached hydrogens (tertiary/aromatic N) is 2. The number of fused-ring (bicyclic) bond motifs is 1. The Morgan fingerprint density at radius 2 is 1.68 bits per heavy atom. The van der Waals surface area contributed by atoms with Crippen molar-refractivity contribution in [2.24, 2.45) is 0 Å². The lowest BCUT2D eigenvalue weighted by molar-refractivity contribution is -0.128. The van der Waals surface area contributed by atoms with Crippen LogP contribution in [0.4, 0.5) is 11.4 Å². The monoisotopic (exact) mass is 594 g/mol. The van der Waals surface area contributed by atoms with Gasteiger partial charge in [-0.2, -0.15) is 0 Å². The summed E-state index contributed by atoms with van der Waals surface area (Å²) in [4.78, 5) is 41.8. The molecule has 214 valence electrons. The molecule has 2 aliphatic rings. The largest absolute Gasteiger partial charge is 0.482 e. The first-order chi connectivity index (χ1) is 19.7. The van der Waals surface area contributed by atoms with E-state index in [0.29, 0.717) is 23.0 Å². The molecule has 0 spiro atoms. The number of carbonyl (C=O) groups excluding carboxylic acids is 3. The molecular formula is C31H32Cl2N4O4. The Hall–Kier alpha value is -3.59. The van der Waals surface area contributed by atoms with E-state index in [0.717, 1.165) is 48.3 Å². The van der Waals surface area contributed by atoms with Gasteiger partial charge in [0.15, 0.2) is 6.61 Å². The van der Waals surface area contributed by atoms with Crippen LogP contribution < -0.4 is 20.3 Å². The first kappa shape index (κ1) is 28.9. The van der Waals surface area contributed by atoms with Crippen LogP contribution in [0.1, 0.15) is 38.3 Å². The molecule has 0 saturated carbocycles. The lowest BCUT2D eigenvalue weighted by Gasteiger charge is -2.35. The average Bonchev–Trinajstić information content (AvgIpc) is 3.47. The quantitative estimate of drug-likeness (QED) is 0.350. The van der Waals surface area contributed by atoms with Crippen molar-refractivity contribution < 1.29 is 19.1 Å². The molecular weight excluding hydrogens is 563 g/mol. The van der Waals surface area contributed by atoms with E-state index < -0.39 is 6.04 Å². The summed E-state index contributed by atoms with van der Waals surface area (Å²) in [7, 11) is 0. The highest BCUT2D eigenvalue weighted by atomic mass is 35.5. The molecule has 41 heavy (non-hydrogen) atoms. The minimum atomic E-state index is -0.812. The van der Waals surface area contributed by atoms with Crippen molar-refractivity contribution >= 4 is 52.3 Å². The lowest BCUT2D eigenvalue weighted by Crippen LogP contribution is -2.52. The van der Waals surface area contributed by atoms with Crippen LogP contribution >= 0.6 is 23.2 Å². The van der Waals surface area contributed by atoms with Crippen molar-refractivity contribution in [3.63, 3.8) is 0 Å². The minimum Gasteiger partial charge on any atom is -0.482 e. The maximum atomic E-state index is 13.7. The molecule has 3 aromatic carbocycles. The van der Waals surface area contributed by atoms with Crippen LogP contribution in [0.2, 0.25) is 10.0 Å². The van der Waals surface area contributed by atoms with Crippen molar-refractivity contribution in [3.8, 4) is 16.9 Å². The fraction of sp³-hybridized carbons (Fsp3) is 0.323. The zero-order valence-corrected chi connectivity index (χ0v) is 24.5. The fourth-order valence-corrected chi connectivity index (χ4v) is 5.65. The second-order valence-corrected chi connectivity index (χ2v) is 11.2. The number of likely N-dealkylation sites (tertiary alicyclic amines) is 1. The van der Waals surface area contributed by atoms with E-state index in [1.165, 1.54) is 11.8 Å². The molecule has 0 aromatic heterocycles. The first-order valence-electron chi connectivity index (χ1n) is 13.6. The number of nitrogens with one attached hydrogen (secondary N) is 2. The molecule has 1 fully saturated rings. The van der Waals surface area contributed by atoms with E-state index >= 15 is 0 Å². The highest BCUT2D eigenvalue weighted by Gasteiger charge is 2.35. The van der Waals surface area contributed by atoms with Gasteiger partial charge in [-0.25, -0.2) is 0 Å². The highest BCUT2D eigenvalue weighted by Crippen LogP contribution is 2.39. The van der Waals surface area contributed by atoms with Gasteiger partial charge in [-0.3, -0.25) is 19.3 Å². The van der Waals surface area contributed by atoms with Crippen molar-refractivity contribution in [3.05, 3.63) is 76.3 Å². The summed E-state index contributed by atoms with van der Waals surface area (Å²) in [5, 5.41) is 6.59. The van der Waals surface area contributed by atoms with Crippen LogP contribution in [0.15, 0.2) is 60.7 Å². The maximum Gasteiger partial charge on any atom is 0.265 e. The molecule has 2 atom stereocenters. The first-order valence-corrected chi connectivity index (χ1v) is 14.4. The molecule has 8 nitrogen and oxygen atoms in total. The van der Waals surface area contributed by atoms with Gasteiger partial charge in [-0.15, -0.1) is 0 Å². The number of benzene rings is 3. The third-order valence-electron chi connectivity index (χ3n) is 7.43. The summed E-state index contributed by atoms with van der Waals surface area (Å²) >= 11 is 12.4. The topological polar surface area (TPSA) is 91.0 Å². The summed E-state index contributed by atoms with van der Waals surface area (Å²) < 4.78 is 5.56. The number of rotatable bonds is 8. The summed E-state index contributed by atoms with van der Waals surface area (Å²) in [5.41, 5.74) is 4.10. The third-order valence-corrected chi connectivity index (χ3v) is 8.15. The molecule has 0 bridgehead atoms. The second-order valence-electron chi connectivity index (χ2n) is 10.4. The number of hydrogen-bond donors (Lipinski definition) is 2. The van der Waals surface area contributed by atoms with Gasteiger partial charge in [0.05, 0.1) is 21.8 Å². The van der Waals surface area contributed by atoms with Gasteiger partial charge >= 0.3 is 0 Å². The van der Waals surface area contributed by atoms with E-state index in [-0.39, 0.29) is 35.4 Å². The maximum absolute atomic E-state index is 13.7. The van der Waals surface area contributed by atoms with Crippen molar-refractivity contribution in [2.75, 3.05) is 36.5 Å². The van der Waals surface area contributed by atoms with Crippen LogP contribution in [-0.4, -0.2) is 54.9 Å². The number of hydrogen-bond acceptors (Lipinski definition) is 5. The molecule has 2 N–H and O–H groups in total. The van der Waals surface area contributed by atoms with Crippen LogP contribution in [0.3, 0.4) is 0 Å². The van der Waals surface area contributed by atoms with Gasteiger partial charge in [0, 0.05) is 25.2 Å². The number of halogens is 2. The van der Waals surface area contributed by atoms with Gasteiger partial charge in [0.2, 0.25) is 11.8 Å². The summed E-state index contributed by atoms with van der Waals surface area (Å²) in [5.74, 6) is -0.334. The molecule has 10 heteroatoms. The molecule has 2 unspecified atom stereocenters. The number of ether oxygens (including phenoxy) is 1. The molecule has 3 aromatic rings. The standard InChI is InChI=1S/C31H32Cl2N4O4/c1-19(37-28-15-25(32)26(33)16-29(28)41-18-30(37)39)31(40)35-27(17-36-12-3-4-13-36)23-7-5-6-22(14-23)21-8-10-24(11-9-21)34-20(2)38/h5-11,14-16,19,27H,3-4,12-13,17-18H2,1-2H3,(H,34,38)(H,35,40). The van der Waals surface area contributed by atoms with Crippen LogP contribution in [0.25, 0.3) is 11.1 Å². The molecule has 0 radical (unpaired) electrons. The Balaban J connectivity index is 1.40. The van der Waals surface area contributed by atoms with Crippen LogP contribution in [0, 0.1) is 0 Å². The summed E-state index contributed by atoms with van der Waals surface area (Å²) in [6.07, 6.45) is 2.25. The molecule has 0 aliphatic carbocycles. The zero-order chi connectivity index (χ0) is 29.1. The smallest absolute Gasteiger partial charge is 0.265 e. The molecule has 2 heterocycles. The van der Waals surface area contributed by atoms with Crippen molar-refractivity contribution in [1.82, 2.24) is 10.2 Å². The number of amides is 3. The predicted molar refractivity (Wildman–Crippen MR) is 162 cm³/mol. The van der Waals surface area contributed by atoms with Gasteiger partial charge < -0.3 is 20.3 Å². The third kappa shape index (κ3) is 6.67. The van der Waals surface area contributed by atoms with E-state index in [2.05, 4.69) is 21.6 Å². The minimum absolute atomic E-state index is 0.122. The van der Waals surface area contributed by atoms with E-state index in [1.54, 1.807) is 19.1 Å². The summed E-state index contributed by atoms with van der Waals surface area (Å²) in [6, 6.07) is 17.7. The number of carbonyl (C=O) groups is 3.